The molecule has 7 nitrogen and oxygen atoms in total. The highest BCUT2D eigenvalue weighted by molar-refractivity contribution is 7.16. The number of thiophene rings is 1. The number of carbonyl (C=O) groups is 2. The SMILES string of the molecule is CC(=O)Nc1cccc(C(=O)Nc2cc(-c3noc(C4CCC4)n3)sc2C)c1. The number of nitrogens with zero attached hydrogens (tertiary/aromatic N) is 2. The lowest BCUT2D eigenvalue weighted by Gasteiger charge is -2.20. The Labute approximate surface area is 166 Å². The minimum absolute atomic E-state index is 0.183. The van der Waals surface area contributed by atoms with E-state index in [0.29, 0.717) is 34.6 Å². The van der Waals surface area contributed by atoms with Gasteiger partial charge in [0.15, 0.2) is 0 Å². The van der Waals surface area contributed by atoms with Gasteiger partial charge in [-0.2, -0.15) is 4.98 Å². The first kappa shape index (κ1) is 18.4. The van der Waals surface area contributed by atoms with Gasteiger partial charge in [-0.25, -0.2) is 0 Å². The fourth-order valence-electron chi connectivity index (χ4n) is 3.01. The molecule has 0 radical (unpaired) electrons. The van der Waals surface area contributed by atoms with E-state index in [-0.39, 0.29) is 11.8 Å². The number of carbonyl (C=O) groups excluding carboxylic acids is 2. The molecular weight excluding hydrogens is 376 g/mol. The van der Waals surface area contributed by atoms with E-state index >= 15 is 0 Å². The molecule has 144 valence electrons. The third kappa shape index (κ3) is 3.82. The second kappa shape index (κ2) is 7.55. The molecular formula is C20H20N4O3S. The Bertz CT molecular complexity index is 1040. The molecule has 0 aliphatic heterocycles. The summed E-state index contributed by atoms with van der Waals surface area (Å²) in [6.07, 6.45) is 3.41. The van der Waals surface area contributed by atoms with E-state index < -0.39 is 0 Å². The third-order valence-electron chi connectivity index (χ3n) is 4.73. The number of aryl methyl sites for hydroxylation is 1. The topological polar surface area (TPSA) is 97.1 Å². The van der Waals surface area contributed by atoms with Gasteiger partial charge in [-0.05, 0) is 44.0 Å². The fraction of sp³-hybridized carbons (Fsp3) is 0.300. The molecule has 8 heteroatoms. The molecule has 2 heterocycles. The zero-order valence-electron chi connectivity index (χ0n) is 15.6. The quantitative estimate of drug-likeness (QED) is 0.658. The van der Waals surface area contributed by atoms with Crippen LogP contribution in [0.2, 0.25) is 0 Å². The van der Waals surface area contributed by atoms with Crippen LogP contribution in [-0.4, -0.2) is 22.0 Å². The summed E-state index contributed by atoms with van der Waals surface area (Å²) in [5, 5.41) is 9.69. The molecule has 0 unspecified atom stereocenters. The van der Waals surface area contributed by atoms with E-state index in [2.05, 4.69) is 20.8 Å². The van der Waals surface area contributed by atoms with Crippen molar-refractivity contribution < 1.29 is 14.1 Å². The van der Waals surface area contributed by atoms with E-state index in [4.69, 9.17) is 4.52 Å². The van der Waals surface area contributed by atoms with Gasteiger partial charge in [0.2, 0.25) is 17.6 Å². The van der Waals surface area contributed by atoms with E-state index in [1.807, 2.05) is 13.0 Å². The van der Waals surface area contributed by atoms with Crippen molar-refractivity contribution in [3.05, 3.63) is 46.7 Å². The number of amides is 2. The van der Waals surface area contributed by atoms with Crippen LogP contribution in [0.3, 0.4) is 0 Å². The average molecular weight is 396 g/mol. The van der Waals surface area contributed by atoms with Crippen LogP contribution in [0.5, 0.6) is 0 Å². The van der Waals surface area contributed by atoms with Crippen LogP contribution in [0.15, 0.2) is 34.9 Å². The lowest BCUT2D eigenvalue weighted by molar-refractivity contribution is -0.114. The molecule has 2 aromatic heterocycles. The predicted molar refractivity (Wildman–Crippen MR) is 108 cm³/mol. The lowest BCUT2D eigenvalue weighted by Crippen LogP contribution is -2.13. The van der Waals surface area contributed by atoms with Gasteiger partial charge in [0.1, 0.15) is 0 Å². The van der Waals surface area contributed by atoms with Gasteiger partial charge >= 0.3 is 0 Å². The van der Waals surface area contributed by atoms with E-state index in [9.17, 15) is 9.59 Å². The third-order valence-corrected chi connectivity index (χ3v) is 5.77. The van der Waals surface area contributed by atoms with Crippen molar-refractivity contribution in [3.63, 3.8) is 0 Å². The number of benzene rings is 1. The van der Waals surface area contributed by atoms with Crippen LogP contribution in [0.25, 0.3) is 10.7 Å². The second-order valence-corrected chi connectivity index (χ2v) is 8.14. The van der Waals surface area contributed by atoms with E-state index in [1.165, 1.54) is 24.7 Å². The molecule has 28 heavy (non-hydrogen) atoms. The Kier molecular flexibility index (Phi) is 4.95. The van der Waals surface area contributed by atoms with Crippen molar-refractivity contribution in [1.82, 2.24) is 10.1 Å². The number of nitrogens with one attached hydrogen (secondary N) is 2. The lowest BCUT2D eigenvalue weighted by atomic mass is 9.85. The zero-order chi connectivity index (χ0) is 19.7. The summed E-state index contributed by atoms with van der Waals surface area (Å²) >= 11 is 1.51. The number of hydrogen-bond acceptors (Lipinski definition) is 6. The number of aromatic nitrogens is 2. The summed E-state index contributed by atoms with van der Waals surface area (Å²) in [5.74, 6) is 1.22. The van der Waals surface area contributed by atoms with Gasteiger partial charge in [-0.15, -0.1) is 11.3 Å². The fourth-order valence-corrected chi connectivity index (χ4v) is 3.91. The predicted octanol–water partition coefficient (Wildman–Crippen LogP) is 4.58. The van der Waals surface area contributed by atoms with Crippen LogP contribution >= 0.6 is 11.3 Å². The van der Waals surface area contributed by atoms with Gasteiger partial charge in [-0.1, -0.05) is 17.6 Å². The summed E-state index contributed by atoms with van der Waals surface area (Å²) in [7, 11) is 0. The van der Waals surface area contributed by atoms with Crippen LogP contribution in [0, 0.1) is 6.92 Å². The summed E-state index contributed by atoms with van der Waals surface area (Å²) < 4.78 is 5.39. The Morgan fingerprint density at radius 3 is 2.75 bits per heavy atom. The molecule has 1 fully saturated rings. The highest BCUT2D eigenvalue weighted by Gasteiger charge is 2.26. The van der Waals surface area contributed by atoms with E-state index in [1.54, 1.807) is 24.3 Å². The van der Waals surface area contributed by atoms with Crippen molar-refractivity contribution in [2.24, 2.45) is 0 Å². The van der Waals surface area contributed by atoms with Crippen LogP contribution < -0.4 is 10.6 Å². The molecule has 4 rings (SSSR count). The van der Waals surface area contributed by atoms with Gasteiger partial charge in [0.25, 0.3) is 5.91 Å². The first-order chi connectivity index (χ1) is 13.5. The van der Waals surface area contributed by atoms with Crippen molar-refractivity contribution >= 4 is 34.5 Å². The smallest absolute Gasteiger partial charge is 0.255 e. The molecule has 3 aromatic rings. The molecule has 0 atom stereocenters. The maximum absolute atomic E-state index is 12.6. The van der Waals surface area contributed by atoms with Crippen LogP contribution in [0.1, 0.15) is 53.2 Å². The van der Waals surface area contributed by atoms with Crippen LogP contribution in [0.4, 0.5) is 11.4 Å². The largest absolute Gasteiger partial charge is 0.339 e. The van der Waals surface area contributed by atoms with Gasteiger partial charge in [0.05, 0.1) is 10.6 Å². The monoisotopic (exact) mass is 396 g/mol. The van der Waals surface area contributed by atoms with Crippen molar-refractivity contribution in [3.8, 4) is 10.7 Å². The number of rotatable bonds is 5. The maximum atomic E-state index is 12.6. The molecule has 0 spiro atoms. The molecule has 1 saturated carbocycles. The first-order valence-corrected chi connectivity index (χ1v) is 9.94. The second-order valence-electron chi connectivity index (χ2n) is 6.88. The Morgan fingerprint density at radius 1 is 1.21 bits per heavy atom. The minimum Gasteiger partial charge on any atom is -0.339 e. The van der Waals surface area contributed by atoms with Gasteiger partial charge in [0, 0.05) is 29.0 Å². The first-order valence-electron chi connectivity index (χ1n) is 9.13. The summed E-state index contributed by atoms with van der Waals surface area (Å²) in [6.45, 7) is 3.36. The summed E-state index contributed by atoms with van der Waals surface area (Å²) in [5.41, 5.74) is 1.76. The maximum Gasteiger partial charge on any atom is 0.255 e. The van der Waals surface area contributed by atoms with Crippen molar-refractivity contribution in [2.45, 2.75) is 39.0 Å². The molecule has 2 N–H and O–H groups in total. The Morgan fingerprint density at radius 2 is 2.04 bits per heavy atom. The highest BCUT2D eigenvalue weighted by Crippen LogP contribution is 2.38. The molecule has 1 aromatic carbocycles. The van der Waals surface area contributed by atoms with Crippen molar-refractivity contribution in [2.75, 3.05) is 10.6 Å². The number of hydrogen-bond donors (Lipinski definition) is 2. The zero-order valence-corrected chi connectivity index (χ0v) is 16.4. The average Bonchev–Trinajstić information content (AvgIpc) is 3.20. The molecule has 2 amide bonds. The van der Waals surface area contributed by atoms with Crippen molar-refractivity contribution in [1.29, 1.82) is 0 Å². The molecule has 0 saturated heterocycles. The van der Waals surface area contributed by atoms with Gasteiger partial charge in [-0.3, -0.25) is 9.59 Å². The normalized spacial score (nSPS) is 13.8. The van der Waals surface area contributed by atoms with E-state index in [0.717, 1.165) is 22.6 Å². The Hall–Kier alpha value is -3.00. The molecule has 1 aliphatic carbocycles. The number of anilines is 2. The minimum atomic E-state index is -0.247. The summed E-state index contributed by atoms with van der Waals surface area (Å²) in [4.78, 5) is 30.1. The van der Waals surface area contributed by atoms with Crippen LogP contribution in [-0.2, 0) is 4.79 Å². The molecule has 1 aliphatic rings. The summed E-state index contributed by atoms with van der Waals surface area (Å²) in [6, 6.07) is 8.68. The standard InChI is InChI=1S/C20H20N4O3S/c1-11-16(22-19(26)14-7-4-8-15(9-14)21-12(2)25)10-17(28-11)18-23-20(27-24-18)13-5-3-6-13/h4,7-10,13H,3,5-6H2,1-2H3,(H,21,25)(H,22,26). The molecule has 0 bridgehead atoms. The Balaban J connectivity index is 1.50. The highest BCUT2D eigenvalue weighted by atomic mass is 32.1. The van der Waals surface area contributed by atoms with Gasteiger partial charge < -0.3 is 15.2 Å².